The second kappa shape index (κ2) is 11.0. The van der Waals surface area contributed by atoms with Crippen LogP contribution in [-0.2, 0) is 17.6 Å². The van der Waals surface area contributed by atoms with Crippen molar-refractivity contribution < 1.29 is 14.3 Å². The van der Waals surface area contributed by atoms with E-state index in [9.17, 15) is 9.59 Å². The van der Waals surface area contributed by atoms with Gasteiger partial charge in [-0.15, -0.1) is 11.3 Å². The molecule has 3 aromatic rings. The Morgan fingerprint density at radius 1 is 1.03 bits per heavy atom. The van der Waals surface area contributed by atoms with E-state index >= 15 is 0 Å². The van der Waals surface area contributed by atoms with Gasteiger partial charge in [-0.2, -0.15) is 0 Å². The number of fused-ring (bicyclic) bond motifs is 1. The lowest BCUT2D eigenvalue weighted by atomic mass is 9.72. The fraction of sp³-hybridized carbons (Fsp3) is 0.333. The fourth-order valence-corrected chi connectivity index (χ4v) is 6.21. The van der Waals surface area contributed by atoms with Gasteiger partial charge in [-0.05, 0) is 78.6 Å². The van der Waals surface area contributed by atoms with Crippen LogP contribution in [0.1, 0.15) is 48.0 Å². The fourth-order valence-electron chi connectivity index (χ4n) is 4.28. The molecule has 1 aliphatic rings. The van der Waals surface area contributed by atoms with Gasteiger partial charge in [0.2, 0.25) is 0 Å². The van der Waals surface area contributed by atoms with Gasteiger partial charge < -0.3 is 15.4 Å². The lowest BCUT2D eigenvalue weighted by Gasteiger charge is -2.33. The maximum atomic E-state index is 13.4. The molecule has 0 unspecified atom stereocenters. The van der Waals surface area contributed by atoms with Gasteiger partial charge in [0, 0.05) is 20.6 Å². The average molecular weight is 566 g/mol. The zero-order valence-electron chi connectivity index (χ0n) is 20.2. The molecule has 5 nitrogen and oxygen atoms in total. The second-order valence-electron chi connectivity index (χ2n) is 9.89. The normalized spacial score (nSPS) is 15.2. The number of carbonyl (C=O) groups is 2. The Bertz CT molecular complexity index is 1280. The van der Waals surface area contributed by atoms with Crippen LogP contribution >= 0.6 is 46.1 Å². The molecule has 0 fully saturated rings. The summed E-state index contributed by atoms with van der Waals surface area (Å²) in [5, 5.41) is 7.75. The first-order valence-corrected chi connectivity index (χ1v) is 13.6. The summed E-state index contributed by atoms with van der Waals surface area (Å²) >= 11 is 19.5. The third kappa shape index (κ3) is 6.35. The molecule has 1 aliphatic carbocycles. The van der Waals surface area contributed by atoms with Gasteiger partial charge in [-0.25, -0.2) is 0 Å². The van der Waals surface area contributed by atoms with E-state index in [4.69, 9.17) is 39.5 Å². The smallest absolute Gasteiger partial charge is 0.262 e. The van der Waals surface area contributed by atoms with Gasteiger partial charge in [0.15, 0.2) is 6.61 Å². The first-order valence-electron chi connectivity index (χ1n) is 11.6. The molecule has 36 heavy (non-hydrogen) atoms. The molecule has 2 amide bonds. The third-order valence-electron chi connectivity index (χ3n) is 6.32. The van der Waals surface area contributed by atoms with Gasteiger partial charge in [0.1, 0.15) is 10.8 Å². The number of hydrogen-bond donors (Lipinski definition) is 2. The molecule has 190 valence electrons. The molecular formula is C27H27Cl3N2O3S. The Balaban J connectivity index is 1.57. The van der Waals surface area contributed by atoms with E-state index in [-0.39, 0.29) is 23.8 Å². The first-order chi connectivity index (χ1) is 17.0. The summed E-state index contributed by atoms with van der Waals surface area (Å²) in [4.78, 5) is 27.4. The number of anilines is 2. The number of carbonyl (C=O) groups excluding carboxylic acids is 2. The van der Waals surface area contributed by atoms with E-state index in [1.165, 1.54) is 11.3 Å². The van der Waals surface area contributed by atoms with Crippen molar-refractivity contribution >= 4 is 68.6 Å². The zero-order chi connectivity index (χ0) is 26.0. The predicted octanol–water partition coefficient (Wildman–Crippen LogP) is 8.13. The molecule has 2 aromatic carbocycles. The largest absolute Gasteiger partial charge is 0.482 e. The van der Waals surface area contributed by atoms with Crippen LogP contribution in [0, 0.1) is 11.3 Å². The minimum absolute atomic E-state index is 0.155. The number of halogens is 3. The highest BCUT2D eigenvalue weighted by atomic mass is 35.5. The molecule has 1 atom stereocenters. The first kappa shape index (κ1) is 26.8. The number of benzene rings is 2. The summed E-state index contributed by atoms with van der Waals surface area (Å²) in [6.45, 7) is 6.47. The minimum Gasteiger partial charge on any atom is -0.482 e. The van der Waals surface area contributed by atoms with Gasteiger partial charge >= 0.3 is 0 Å². The van der Waals surface area contributed by atoms with E-state index in [1.807, 2.05) is 0 Å². The van der Waals surface area contributed by atoms with Crippen molar-refractivity contribution in [2.24, 2.45) is 11.3 Å². The van der Waals surface area contributed by atoms with Crippen LogP contribution in [0.25, 0.3) is 0 Å². The molecule has 0 saturated carbocycles. The standard InChI is InChI=1S/C27H27Cl3N2O3S/c1-27(2,3)15-4-10-19-22(12-15)36-26(24(19)25(34)31-18-8-5-16(28)6-9-18)32-23(33)14-35-21-11-7-17(29)13-20(21)30/h5-9,11,13,15H,4,10,12,14H2,1-3H3,(H,31,34)(H,32,33)/t15-/m0/s1. The maximum Gasteiger partial charge on any atom is 0.262 e. The summed E-state index contributed by atoms with van der Waals surface area (Å²) < 4.78 is 5.59. The molecule has 0 aliphatic heterocycles. The summed E-state index contributed by atoms with van der Waals surface area (Å²) in [6.07, 6.45) is 2.64. The Morgan fingerprint density at radius 2 is 1.72 bits per heavy atom. The summed E-state index contributed by atoms with van der Waals surface area (Å²) in [5.41, 5.74) is 2.30. The number of nitrogens with one attached hydrogen (secondary N) is 2. The van der Waals surface area contributed by atoms with Gasteiger partial charge in [0.05, 0.1) is 10.6 Å². The molecule has 2 N–H and O–H groups in total. The van der Waals surface area contributed by atoms with Crippen LogP contribution in [0.15, 0.2) is 42.5 Å². The number of hydrogen-bond acceptors (Lipinski definition) is 4. The van der Waals surface area contributed by atoms with Crippen LogP contribution in [0.3, 0.4) is 0 Å². The van der Waals surface area contributed by atoms with Crippen LogP contribution in [0.5, 0.6) is 5.75 Å². The maximum absolute atomic E-state index is 13.4. The molecule has 1 aromatic heterocycles. The van der Waals surface area contributed by atoms with Gasteiger partial charge in [0.25, 0.3) is 11.8 Å². The van der Waals surface area contributed by atoms with Crippen LogP contribution < -0.4 is 15.4 Å². The molecule has 4 rings (SSSR count). The van der Waals surface area contributed by atoms with Gasteiger partial charge in [-0.3, -0.25) is 9.59 Å². The highest BCUT2D eigenvalue weighted by molar-refractivity contribution is 7.17. The lowest BCUT2D eigenvalue weighted by Crippen LogP contribution is -2.27. The van der Waals surface area contributed by atoms with Crippen molar-refractivity contribution in [3.8, 4) is 5.75 Å². The number of rotatable bonds is 6. The van der Waals surface area contributed by atoms with Crippen molar-refractivity contribution in [2.45, 2.75) is 40.0 Å². The van der Waals surface area contributed by atoms with E-state index < -0.39 is 0 Å². The molecule has 1 heterocycles. The molecule has 0 spiro atoms. The summed E-state index contributed by atoms with van der Waals surface area (Å²) in [6, 6.07) is 11.7. The number of thiophene rings is 1. The van der Waals surface area contributed by atoms with Crippen LogP contribution in [0.4, 0.5) is 10.7 Å². The monoisotopic (exact) mass is 564 g/mol. The van der Waals surface area contributed by atoms with Gasteiger partial charge in [-0.1, -0.05) is 55.6 Å². The molecule has 9 heteroatoms. The quantitative estimate of drug-likeness (QED) is 0.317. The lowest BCUT2D eigenvalue weighted by molar-refractivity contribution is -0.118. The highest BCUT2D eigenvalue weighted by Crippen LogP contribution is 2.44. The average Bonchev–Trinajstić information content (AvgIpc) is 3.16. The zero-order valence-corrected chi connectivity index (χ0v) is 23.3. The van der Waals surface area contributed by atoms with Crippen molar-refractivity contribution in [2.75, 3.05) is 17.2 Å². The molecule has 0 bridgehead atoms. The van der Waals surface area contributed by atoms with E-state index in [0.717, 1.165) is 29.7 Å². The van der Waals surface area contributed by atoms with Crippen molar-refractivity contribution in [3.63, 3.8) is 0 Å². The van der Waals surface area contributed by atoms with Crippen molar-refractivity contribution in [1.82, 2.24) is 0 Å². The Labute approximate surface area is 230 Å². The van der Waals surface area contributed by atoms with Crippen molar-refractivity contribution in [1.29, 1.82) is 0 Å². The summed E-state index contributed by atoms with van der Waals surface area (Å²) in [7, 11) is 0. The predicted molar refractivity (Wildman–Crippen MR) is 149 cm³/mol. The Hall–Kier alpha value is -2.25. The topological polar surface area (TPSA) is 67.4 Å². The van der Waals surface area contributed by atoms with E-state index in [1.54, 1.807) is 42.5 Å². The second-order valence-corrected chi connectivity index (χ2v) is 12.3. The van der Waals surface area contributed by atoms with Crippen molar-refractivity contribution in [3.05, 3.63) is 73.5 Å². The van der Waals surface area contributed by atoms with E-state index in [0.29, 0.717) is 43.0 Å². The molecule has 0 saturated heterocycles. The number of ether oxygens (including phenoxy) is 1. The molecular weight excluding hydrogens is 539 g/mol. The molecule has 0 radical (unpaired) electrons. The SMILES string of the molecule is CC(C)(C)[C@H]1CCc2c(sc(NC(=O)COc3ccc(Cl)cc3Cl)c2C(=O)Nc2ccc(Cl)cc2)C1. The minimum atomic E-state index is -0.382. The third-order valence-corrected chi connectivity index (χ3v) is 8.28. The Morgan fingerprint density at radius 3 is 2.39 bits per heavy atom. The van der Waals surface area contributed by atoms with E-state index in [2.05, 4.69) is 31.4 Å². The van der Waals surface area contributed by atoms with Crippen LogP contribution in [-0.4, -0.2) is 18.4 Å². The Kier molecular flexibility index (Phi) is 8.20. The summed E-state index contributed by atoms with van der Waals surface area (Å²) in [5.74, 6) is 0.207. The highest BCUT2D eigenvalue weighted by Gasteiger charge is 2.34. The number of amides is 2. The van der Waals surface area contributed by atoms with Crippen LogP contribution in [0.2, 0.25) is 15.1 Å².